The first-order chi connectivity index (χ1) is 13.8. The second-order valence-electron chi connectivity index (χ2n) is 7.87. The Bertz CT molecular complexity index is 1090. The molecular formula is C24H27NO4. The lowest BCUT2D eigenvalue weighted by atomic mass is 10.0. The van der Waals surface area contributed by atoms with Crippen LogP contribution in [-0.4, -0.2) is 19.1 Å². The van der Waals surface area contributed by atoms with Crippen LogP contribution in [0.1, 0.15) is 30.5 Å². The molecule has 1 aromatic heterocycles. The van der Waals surface area contributed by atoms with Gasteiger partial charge in [-0.15, -0.1) is 0 Å². The minimum absolute atomic E-state index is 0.0595. The molecule has 2 aromatic carbocycles. The van der Waals surface area contributed by atoms with E-state index in [1.54, 1.807) is 6.07 Å². The van der Waals surface area contributed by atoms with E-state index in [1.165, 1.54) is 0 Å². The van der Waals surface area contributed by atoms with Crippen molar-refractivity contribution in [3.8, 4) is 17.1 Å². The lowest BCUT2D eigenvalue weighted by Crippen LogP contribution is -2.32. The number of aryl methyl sites for hydroxylation is 3. The van der Waals surface area contributed by atoms with Gasteiger partial charge in [-0.1, -0.05) is 43.7 Å². The van der Waals surface area contributed by atoms with Gasteiger partial charge in [0.05, 0.1) is 5.39 Å². The number of carbonyl (C=O) groups is 1. The summed E-state index contributed by atoms with van der Waals surface area (Å²) in [5.41, 5.74) is 4.09. The maximum atomic E-state index is 13.2. The summed E-state index contributed by atoms with van der Waals surface area (Å²) in [7, 11) is 0. The van der Waals surface area contributed by atoms with Crippen LogP contribution in [0.3, 0.4) is 0 Å². The van der Waals surface area contributed by atoms with Gasteiger partial charge in [0.25, 0.3) is 5.91 Å². The van der Waals surface area contributed by atoms with Crippen LogP contribution in [0.5, 0.6) is 5.75 Å². The summed E-state index contributed by atoms with van der Waals surface area (Å²) < 4.78 is 11.8. The maximum Gasteiger partial charge on any atom is 0.257 e. The van der Waals surface area contributed by atoms with E-state index >= 15 is 0 Å². The van der Waals surface area contributed by atoms with Crippen molar-refractivity contribution >= 4 is 16.9 Å². The molecule has 0 saturated heterocycles. The number of hydrogen-bond donors (Lipinski definition) is 1. The van der Waals surface area contributed by atoms with E-state index in [1.807, 2.05) is 65.0 Å². The minimum Gasteiger partial charge on any atom is -0.476 e. The van der Waals surface area contributed by atoms with Crippen LogP contribution >= 0.6 is 0 Å². The van der Waals surface area contributed by atoms with E-state index in [4.69, 9.17) is 9.15 Å². The summed E-state index contributed by atoms with van der Waals surface area (Å²) in [6.07, 6.45) is 0. The van der Waals surface area contributed by atoms with Gasteiger partial charge in [0.15, 0.2) is 12.4 Å². The molecule has 0 spiro atoms. The molecule has 0 aliphatic heterocycles. The molecule has 0 aliphatic carbocycles. The standard InChI is InChI=1S/C24H27NO4/c1-14(2)12-25-21(26)13-28-24-22(27)19-10-16(4)17(5)11-20(19)29-23(24)18-8-6-15(3)7-9-18/h6-11,14H,12-13H2,1-5H3,(H,25,26). The highest BCUT2D eigenvalue weighted by molar-refractivity contribution is 5.84. The van der Waals surface area contributed by atoms with Crippen molar-refractivity contribution in [2.75, 3.05) is 13.2 Å². The molecule has 0 bridgehead atoms. The first-order valence-corrected chi connectivity index (χ1v) is 9.81. The van der Waals surface area contributed by atoms with Gasteiger partial charge >= 0.3 is 0 Å². The summed E-state index contributed by atoms with van der Waals surface area (Å²) in [6.45, 7) is 10.2. The quantitative estimate of drug-likeness (QED) is 0.668. The number of rotatable bonds is 6. The smallest absolute Gasteiger partial charge is 0.257 e. The van der Waals surface area contributed by atoms with Crippen LogP contribution in [0.15, 0.2) is 45.6 Å². The molecule has 1 N–H and O–H groups in total. The molecule has 0 fully saturated rings. The van der Waals surface area contributed by atoms with Gasteiger partial charge in [0, 0.05) is 12.1 Å². The highest BCUT2D eigenvalue weighted by Gasteiger charge is 2.19. The molecule has 29 heavy (non-hydrogen) atoms. The summed E-state index contributed by atoms with van der Waals surface area (Å²) in [4.78, 5) is 25.3. The van der Waals surface area contributed by atoms with Crippen molar-refractivity contribution in [3.05, 3.63) is 63.3 Å². The number of ether oxygens (including phenoxy) is 1. The van der Waals surface area contributed by atoms with Gasteiger partial charge < -0.3 is 14.5 Å². The molecule has 3 aromatic rings. The Morgan fingerprint density at radius 2 is 1.72 bits per heavy atom. The van der Waals surface area contributed by atoms with Gasteiger partial charge in [-0.2, -0.15) is 0 Å². The summed E-state index contributed by atoms with van der Waals surface area (Å²) in [6, 6.07) is 11.3. The minimum atomic E-state index is -0.276. The van der Waals surface area contributed by atoms with Crippen molar-refractivity contribution in [2.45, 2.75) is 34.6 Å². The molecule has 1 heterocycles. The molecule has 0 aliphatic rings. The zero-order valence-corrected chi connectivity index (χ0v) is 17.6. The topological polar surface area (TPSA) is 68.5 Å². The Morgan fingerprint density at radius 1 is 1.07 bits per heavy atom. The first-order valence-electron chi connectivity index (χ1n) is 9.81. The molecule has 152 valence electrons. The van der Waals surface area contributed by atoms with Gasteiger partial charge in [0.1, 0.15) is 5.58 Å². The second kappa shape index (κ2) is 8.52. The number of carbonyl (C=O) groups excluding carboxylic acids is 1. The van der Waals surface area contributed by atoms with E-state index in [9.17, 15) is 9.59 Å². The number of nitrogens with one attached hydrogen (secondary N) is 1. The van der Waals surface area contributed by atoms with Crippen molar-refractivity contribution in [1.29, 1.82) is 0 Å². The predicted octanol–water partition coefficient (Wildman–Crippen LogP) is 4.54. The van der Waals surface area contributed by atoms with E-state index in [0.29, 0.717) is 29.2 Å². The molecular weight excluding hydrogens is 366 g/mol. The SMILES string of the molecule is Cc1ccc(-c2oc3cc(C)c(C)cc3c(=O)c2OCC(=O)NCC(C)C)cc1. The number of hydrogen-bond acceptors (Lipinski definition) is 4. The van der Waals surface area contributed by atoms with Crippen molar-refractivity contribution < 1.29 is 13.9 Å². The first kappa shape index (κ1) is 20.6. The lowest BCUT2D eigenvalue weighted by molar-refractivity contribution is -0.123. The normalized spacial score (nSPS) is 11.1. The van der Waals surface area contributed by atoms with Gasteiger partial charge in [-0.3, -0.25) is 9.59 Å². The highest BCUT2D eigenvalue weighted by Crippen LogP contribution is 2.32. The van der Waals surface area contributed by atoms with Gasteiger partial charge in [-0.05, 0) is 49.9 Å². The van der Waals surface area contributed by atoms with Crippen LogP contribution in [0, 0.1) is 26.7 Å². The number of fused-ring (bicyclic) bond motifs is 1. The molecule has 3 rings (SSSR count). The fourth-order valence-corrected chi connectivity index (χ4v) is 2.97. The monoisotopic (exact) mass is 393 g/mol. The second-order valence-corrected chi connectivity index (χ2v) is 7.87. The third-order valence-electron chi connectivity index (χ3n) is 4.83. The van der Waals surface area contributed by atoms with Crippen LogP contribution in [0.25, 0.3) is 22.3 Å². The molecule has 0 radical (unpaired) electrons. The molecule has 0 unspecified atom stereocenters. The molecule has 5 nitrogen and oxygen atoms in total. The van der Waals surface area contributed by atoms with E-state index < -0.39 is 0 Å². The lowest BCUT2D eigenvalue weighted by Gasteiger charge is -2.13. The Hall–Kier alpha value is -3.08. The average Bonchev–Trinajstić information content (AvgIpc) is 2.68. The summed E-state index contributed by atoms with van der Waals surface area (Å²) >= 11 is 0. The van der Waals surface area contributed by atoms with Gasteiger partial charge in [0.2, 0.25) is 11.2 Å². The largest absolute Gasteiger partial charge is 0.476 e. The molecule has 0 saturated carbocycles. The molecule has 0 atom stereocenters. The summed E-state index contributed by atoms with van der Waals surface area (Å²) in [5, 5.41) is 3.24. The van der Waals surface area contributed by atoms with Gasteiger partial charge in [-0.25, -0.2) is 0 Å². The van der Waals surface area contributed by atoms with E-state index in [0.717, 1.165) is 22.3 Å². The Morgan fingerprint density at radius 3 is 2.38 bits per heavy atom. The van der Waals surface area contributed by atoms with Crippen LogP contribution in [-0.2, 0) is 4.79 Å². The maximum absolute atomic E-state index is 13.2. The highest BCUT2D eigenvalue weighted by atomic mass is 16.5. The molecule has 1 amide bonds. The third kappa shape index (κ3) is 4.67. The van der Waals surface area contributed by atoms with E-state index in [-0.39, 0.29) is 23.7 Å². The van der Waals surface area contributed by atoms with E-state index in [2.05, 4.69) is 5.32 Å². The Balaban J connectivity index is 2.07. The zero-order valence-electron chi connectivity index (χ0n) is 17.6. The molecule has 5 heteroatoms. The Kier molecular flexibility index (Phi) is 6.06. The third-order valence-corrected chi connectivity index (χ3v) is 4.83. The zero-order chi connectivity index (χ0) is 21.1. The van der Waals surface area contributed by atoms with Crippen molar-refractivity contribution in [2.24, 2.45) is 5.92 Å². The van der Waals surface area contributed by atoms with Crippen molar-refractivity contribution in [1.82, 2.24) is 5.32 Å². The fourth-order valence-electron chi connectivity index (χ4n) is 2.97. The predicted molar refractivity (Wildman–Crippen MR) is 115 cm³/mol. The van der Waals surface area contributed by atoms with Crippen molar-refractivity contribution in [3.63, 3.8) is 0 Å². The fraction of sp³-hybridized carbons (Fsp3) is 0.333. The Labute approximate surface area is 170 Å². The van der Waals surface area contributed by atoms with Crippen LogP contribution < -0.4 is 15.5 Å². The average molecular weight is 393 g/mol. The summed E-state index contributed by atoms with van der Waals surface area (Å²) in [5.74, 6) is 0.457. The number of benzene rings is 2. The van der Waals surface area contributed by atoms with Crippen LogP contribution in [0.2, 0.25) is 0 Å². The van der Waals surface area contributed by atoms with Crippen LogP contribution in [0.4, 0.5) is 0 Å². The number of amides is 1.